The smallest absolute Gasteiger partial charge is 0.328 e. The summed E-state index contributed by atoms with van der Waals surface area (Å²) < 4.78 is 20.5. The lowest BCUT2D eigenvalue weighted by molar-refractivity contribution is -0.131. The molecule has 27 heavy (non-hydrogen) atoms. The number of aliphatic carboxylic acids is 1. The summed E-state index contributed by atoms with van der Waals surface area (Å²) in [5.41, 5.74) is 1.98. The highest BCUT2D eigenvalue weighted by molar-refractivity contribution is 6.32. The topological polar surface area (TPSA) is 64.3 Å². The van der Waals surface area contributed by atoms with Crippen LogP contribution in [0.25, 0.3) is 23.0 Å². The molecule has 3 rings (SSSR count). The molecule has 1 heterocycles. The third-order valence-electron chi connectivity index (χ3n) is 3.74. The minimum atomic E-state index is -1.11. The zero-order valence-corrected chi connectivity index (χ0v) is 15.5. The quantitative estimate of drug-likeness (QED) is 0.599. The van der Waals surface area contributed by atoms with E-state index in [1.807, 2.05) is 0 Å². The van der Waals surface area contributed by atoms with Gasteiger partial charge in [0.2, 0.25) is 0 Å². The number of halogens is 3. The molecule has 1 aromatic heterocycles. The van der Waals surface area contributed by atoms with Crippen molar-refractivity contribution in [3.8, 4) is 22.7 Å². The summed E-state index contributed by atoms with van der Waals surface area (Å²) in [6.45, 7) is 0. The Balaban J connectivity index is 2.13. The lowest BCUT2D eigenvalue weighted by Crippen LogP contribution is -1.96. The molecule has 0 fully saturated rings. The van der Waals surface area contributed by atoms with E-state index in [1.54, 1.807) is 30.5 Å². The number of nitrogens with zero attached hydrogens (tertiary/aromatic N) is 2. The number of rotatable bonds is 5. The van der Waals surface area contributed by atoms with Crippen molar-refractivity contribution >= 4 is 35.2 Å². The zero-order valence-electron chi connectivity index (χ0n) is 14.0. The fourth-order valence-corrected chi connectivity index (χ4v) is 2.84. The molecule has 0 aliphatic heterocycles. The van der Waals surface area contributed by atoms with Crippen molar-refractivity contribution in [3.63, 3.8) is 0 Å². The molecule has 138 valence electrons. The van der Waals surface area contributed by atoms with Crippen molar-refractivity contribution in [2.75, 3.05) is 7.11 Å². The standard InChI is InChI=1S/C19H13Cl2FN2O3/c1-27-17-6-4-13(9-15(17)21)24-10-12(3-7-18(25)26)19(23-24)11-2-5-14(20)16(22)8-11/h2-10H,1H3,(H,25,26). The second kappa shape index (κ2) is 7.82. The molecule has 3 aromatic rings. The van der Waals surface area contributed by atoms with Gasteiger partial charge in [-0.25, -0.2) is 13.9 Å². The van der Waals surface area contributed by atoms with Gasteiger partial charge in [0.15, 0.2) is 0 Å². The van der Waals surface area contributed by atoms with Crippen molar-refractivity contribution < 1.29 is 19.0 Å². The van der Waals surface area contributed by atoms with Gasteiger partial charge in [0, 0.05) is 23.4 Å². The Hall–Kier alpha value is -2.83. The minimum Gasteiger partial charge on any atom is -0.495 e. The van der Waals surface area contributed by atoms with Crippen LogP contribution in [0, 0.1) is 5.82 Å². The van der Waals surface area contributed by atoms with E-state index in [0.717, 1.165) is 6.08 Å². The van der Waals surface area contributed by atoms with Crippen LogP contribution >= 0.6 is 23.2 Å². The minimum absolute atomic E-state index is 0.0113. The van der Waals surface area contributed by atoms with Gasteiger partial charge in [-0.2, -0.15) is 5.10 Å². The summed E-state index contributed by atoms with van der Waals surface area (Å²) in [6.07, 6.45) is 4.00. The summed E-state index contributed by atoms with van der Waals surface area (Å²) in [4.78, 5) is 10.9. The molecule has 0 aliphatic carbocycles. The highest BCUT2D eigenvalue weighted by Crippen LogP contribution is 2.30. The maximum Gasteiger partial charge on any atom is 0.328 e. The Morgan fingerprint density at radius 3 is 2.63 bits per heavy atom. The van der Waals surface area contributed by atoms with E-state index < -0.39 is 11.8 Å². The molecule has 0 saturated carbocycles. The predicted octanol–water partition coefficient (Wildman–Crippen LogP) is 5.09. The van der Waals surface area contributed by atoms with Crippen molar-refractivity contribution in [3.05, 3.63) is 70.1 Å². The number of hydrogen-bond acceptors (Lipinski definition) is 3. The van der Waals surface area contributed by atoms with Gasteiger partial charge in [-0.3, -0.25) is 0 Å². The lowest BCUT2D eigenvalue weighted by atomic mass is 10.1. The maximum atomic E-state index is 13.9. The van der Waals surface area contributed by atoms with E-state index in [-0.39, 0.29) is 5.02 Å². The highest BCUT2D eigenvalue weighted by atomic mass is 35.5. The molecule has 0 aliphatic rings. The van der Waals surface area contributed by atoms with Crippen LogP contribution in [-0.2, 0) is 4.79 Å². The molecule has 2 aromatic carbocycles. The number of methoxy groups -OCH3 is 1. The molecular weight excluding hydrogens is 394 g/mol. The first-order valence-corrected chi connectivity index (χ1v) is 8.44. The van der Waals surface area contributed by atoms with Crippen LogP contribution in [0.3, 0.4) is 0 Å². The van der Waals surface area contributed by atoms with Gasteiger partial charge in [0.05, 0.1) is 22.8 Å². The van der Waals surface area contributed by atoms with Crippen LogP contribution < -0.4 is 4.74 Å². The van der Waals surface area contributed by atoms with Crippen molar-refractivity contribution in [2.24, 2.45) is 0 Å². The summed E-state index contributed by atoms with van der Waals surface area (Å²) in [5, 5.41) is 13.8. The Labute approximate surface area is 164 Å². The number of benzene rings is 2. The van der Waals surface area contributed by atoms with Crippen LogP contribution in [-0.4, -0.2) is 28.0 Å². The largest absolute Gasteiger partial charge is 0.495 e. The van der Waals surface area contributed by atoms with Gasteiger partial charge in [0.1, 0.15) is 17.3 Å². The van der Waals surface area contributed by atoms with Gasteiger partial charge < -0.3 is 9.84 Å². The molecule has 1 N–H and O–H groups in total. The first kappa shape index (κ1) is 18.9. The van der Waals surface area contributed by atoms with Crippen LogP contribution in [0.4, 0.5) is 4.39 Å². The summed E-state index contributed by atoms with van der Waals surface area (Å²) in [7, 11) is 1.51. The number of carboxylic acids is 1. The van der Waals surface area contributed by atoms with Crippen molar-refractivity contribution in [1.82, 2.24) is 9.78 Å². The number of ether oxygens (including phenoxy) is 1. The average molecular weight is 407 g/mol. The second-order valence-electron chi connectivity index (χ2n) is 5.50. The fraction of sp³-hybridized carbons (Fsp3) is 0.0526. The fourth-order valence-electron chi connectivity index (χ4n) is 2.47. The van der Waals surface area contributed by atoms with E-state index in [9.17, 15) is 9.18 Å². The van der Waals surface area contributed by atoms with Crippen molar-refractivity contribution in [2.45, 2.75) is 0 Å². The average Bonchev–Trinajstić information content (AvgIpc) is 3.06. The molecule has 0 bridgehead atoms. The van der Waals surface area contributed by atoms with E-state index in [2.05, 4.69) is 5.10 Å². The summed E-state index contributed by atoms with van der Waals surface area (Å²) in [6, 6.07) is 9.36. The number of carboxylic acid groups (broad SMARTS) is 1. The van der Waals surface area contributed by atoms with E-state index >= 15 is 0 Å². The van der Waals surface area contributed by atoms with E-state index in [0.29, 0.717) is 33.3 Å². The molecule has 0 atom stereocenters. The maximum absolute atomic E-state index is 13.9. The SMILES string of the molecule is COc1ccc(-n2cc(C=CC(=O)O)c(-c3ccc(Cl)c(F)c3)n2)cc1Cl. The van der Waals surface area contributed by atoms with Gasteiger partial charge in [-0.15, -0.1) is 0 Å². The molecule has 0 spiro atoms. The molecule has 0 radical (unpaired) electrons. The number of aromatic nitrogens is 2. The van der Waals surface area contributed by atoms with E-state index in [1.165, 1.54) is 30.0 Å². The monoisotopic (exact) mass is 406 g/mol. The number of carbonyl (C=O) groups is 1. The summed E-state index contributed by atoms with van der Waals surface area (Å²) >= 11 is 11.9. The second-order valence-corrected chi connectivity index (χ2v) is 6.31. The van der Waals surface area contributed by atoms with Crippen LogP contribution in [0.15, 0.2) is 48.7 Å². The van der Waals surface area contributed by atoms with Crippen LogP contribution in [0.5, 0.6) is 5.75 Å². The molecule has 0 amide bonds. The van der Waals surface area contributed by atoms with Gasteiger partial charge >= 0.3 is 5.97 Å². The highest BCUT2D eigenvalue weighted by Gasteiger charge is 2.14. The van der Waals surface area contributed by atoms with Crippen molar-refractivity contribution in [1.29, 1.82) is 0 Å². The zero-order chi connectivity index (χ0) is 19.6. The number of hydrogen-bond donors (Lipinski definition) is 1. The van der Waals surface area contributed by atoms with Crippen LogP contribution in [0.2, 0.25) is 10.0 Å². The van der Waals surface area contributed by atoms with E-state index in [4.69, 9.17) is 33.0 Å². The van der Waals surface area contributed by atoms with Crippen LogP contribution in [0.1, 0.15) is 5.56 Å². The molecule has 8 heteroatoms. The first-order valence-electron chi connectivity index (χ1n) is 7.69. The first-order chi connectivity index (χ1) is 12.9. The Morgan fingerprint density at radius 2 is 2.00 bits per heavy atom. The molecular formula is C19H13Cl2FN2O3. The third-order valence-corrected chi connectivity index (χ3v) is 4.34. The Kier molecular flexibility index (Phi) is 5.48. The Morgan fingerprint density at radius 1 is 1.22 bits per heavy atom. The predicted molar refractivity (Wildman–Crippen MR) is 102 cm³/mol. The normalized spacial score (nSPS) is 11.1. The molecule has 5 nitrogen and oxygen atoms in total. The molecule has 0 saturated heterocycles. The Bertz CT molecular complexity index is 1050. The lowest BCUT2D eigenvalue weighted by Gasteiger charge is -2.06. The van der Waals surface area contributed by atoms with Gasteiger partial charge in [-0.05, 0) is 36.4 Å². The summed E-state index contributed by atoms with van der Waals surface area (Å²) in [5.74, 6) is -1.19. The van der Waals surface area contributed by atoms with Gasteiger partial charge in [-0.1, -0.05) is 29.3 Å². The van der Waals surface area contributed by atoms with Gasteiger partial charge in [0.25, 0.3) is 0 Å². The molecule has 0 unspecified atom stereocenters. The third kappa shape index (κ3) is 4.13.